The lowest BCUT2D eigenvalue weighted by molar-refractivity contribution is 1.17. The van der Waals surface area contributed by atoms with Crippen molar-refractivity contribution in [3.63, 3.8) is 0 Å². The zero-order valence-electron chi connectivity index (χ0n) is 23.0. The Labute approximate surface area is 256 Å². The standard InChI is InChI=1S/C40H23NS2/c1-2-11-29-27(9-1)28-10-3-4-12-30(28)38-31(29)21-22-37-39(38)32-19-17-24-23-25(18-20-26(24)40(32)43-37)41-33-13-5-7-15-35(33)42-36-16-8-6-14-34(36)41/h1-23H. The molecular formula is C40H23NS2. The highest BCUT2D eigenvalue weighted by atomic mass is 32.2. The highest BCUT2D eigenvalue weighted by Gasteiger charge is 2.24. The van der Waals surface area contributed by atoms with E-state index in [0.717, 1.165) is 0 Å². The van der Waals surface area contributed by atoms with E-state index >= 15 is 0 Å². The maximum atomic E-state index is 2.42. The number of anilines is 3. The maximum absolute atomic E-state index is 2.42. The summed E-state index contributed by atoms with van der Waals surface area (Å²) in [5, 5.41) is 13.3. The average molecular weight is 582 g/mol. The van der Waals surface area contributed by atoms with E-state index in [2.05, 4.69) is 144 Å². The quantitative estimate of drug-likeness (QED) is 0.177. The van der Waals surface area contributed by atoms with Crippen molar-refractivity contribution in [1.29, 1.82) is 0 Å². The highest BCUT2D eigenvalue weighted by molar-refractivity contribution is 7.99. The first kappa shape index (κ1) is 23.7. The van der Waals surface area contributed by atoms with E-state index in [1.165, 1.54) is 90.1 Å². The molecule has 0 spiro atoms. The molecular weight excluding hydrogens is 559 g/mol. The van der Waals surface area contributed by atoms with E-state index in [1.54, 1.807) is 0 Å². The number of para-hydroxylation sites is 2. The Hall–Kier alpha value is -4.83. The van der Waals surface area contributed by atoms with Crippen LogP contribution in [0.1, 0.15) is 0 Å². The number of benzene rings is 8. The van der Waals surface area contributed by atoms with Gasteiger partial charge in [-0.25, -0.2) is 0 Å². The lowest BCUT2D eigenvalue weighted by Gasteiger charge is -2.33. The zero-order valence-corrected chi connectivity index (χ0v) is 24.7. The number of fused-ring (bicyclic) bond motifs is 14. The van der Waals surface area contributed by atoms with Crippen LogP contribution in [0.2, 0.25) is 0 Å². The Balaban J connectivity index is 1.25. The van der Waals surface area contributed by atoms with Gasteiger partial charge in [0.05, 0.1) is 11.4 Å². The Morgan fingerprint density at radius 1 is 0.419 bits per heavy atom. The van der Waals surface area contributed by atoms with Crippen LogP contribution >= 0.6 is 23.1 Å². The fourth-order valence-corrected chi connectivity index (χ4v) is 9.46. The third-order valence-electron chi connectivity index (χ3n) is 9.00. The van der Waals surface area contributed by atoms with Crippen molar-refractivity contribution in [2.24, 2.45) is 0 Å². The Bertz CT molecular complexity index is 2530. The monoisotopic (exact) mass is 581 g/mol. The summed E-state index contributed by atoms with van der Waals surface area (Å²) in [6.07, 6.45) is 0. The van der Waals surface area contributed by atoms with Gasteiger partial charge < -0.3 is 4.90 Å². The fraction of sp³-hybridized carbons (Fsp3) is 0. The van der Waals surface area contributed by atoms with Gasteiger partial charge in [-0.3, -0.25) is 0 Å². The molecule has 0 radical (unpaired) electrons. The van der Waals surface area contributed by atoms with Crippen LogP contribution in [-0.4, -0.2) is 0 Å². The van der Waals surface area contributed by atoms with Crippen LogP contribution in [0.3, 0.4) is 0 Å². The highest BCUT2D eigenvalue weighted by Crippen LogP contribution is 2.52. The Kier molecular flexibility index (Phi) is 4.87. The first-order chi connectivity index (χ1) is 21.3. The molecule has 1 nitrogen and oxygen atoms in total. The summed E-state index contributed by atoms with van der Waals surface area (Å²) in [6, 6.07) is 51.6. The summed E-state index contributed by atoms with van der Waals surface area (Å²) in [7, 11) is 0. The number of hydrogen-bond acceptors (Lipinski definition) is 3. The summed E-state index contributed by atoms with van der Waals surface area (Å²) in [5.74, 6) is 0. The minimum Gasteiger partial charge on any atom is -0.308 e. The van der Waals surface area contributed by atoms with Gasteiger partial charge in [-0.2, -0.15) is 0 Å². The predicted molar refractivity (Wildman–Crippen MR) is 188 cm³/mol. The molecule has 1 aromatic heterocycles. The lowest BCUT2D eigenvalue weighted by Crippen LogP contribution is -2.14. The maximum Gasteiger partial charge on any atom is 0.0601 e. The van der Waals surface area contributed by atoms with Gasteiger partial charge in [0.1, 0.15) is 0 Å². The molecule has 8 aromatic carbocycles. The van der Waals surface area contributed by atoms with Gasteiger partial charge in [-0.15, -0.1) is 11.3 Å². The second-order valence-electron chi connectivity index (χ2n) is 11.3. The molecule has 0 N–H and O–H groups in total. The zero-order chi connectivity index (χ0) is 28.1. The first-order valence-corrected chi connectivity index (χ1v) is 16.2. The summed E-state index contributed by atoms with van der Waals surface area (Å²) >= 11 is 3.77. The fourth-order valence-electron chi connectivity index (χ4n) is 7.16. The van der Waals surface area contributed by atoms with Gasteiger partial charge in [0.15, 0.2) is 0 Å². The molecule has 200 valence electrons. The van der Waals surface area contributed by atoms with Crippen LogP contribution in [0.15, 0.2) is 149 Å². The van der Waals surface area contributed by atoms with Crippen LogP contribution in [0.5, 0.6) is 0 Å². The summed E-state index contributed by atoms with van der Waals surface area (Å²) in [5.41, 5.74) is 3.66. The molecule has 1 aliphatic heterocycles. The second kappa shape index (κ2) is 8.84. The summed E-state index contributed by atoms with van der Waals surface area (Å²) in [4.78, 5) is 4.99. The molecule has 0 aliphatic carbocycles. The third-order valence-corrected chi connectivity index (χ3v) is 11.3. The van der Waals surface area contributed by atoms with Gasteiger partial charge in [0, 0.05) is 35.7 Å². The van der Waals surface area contributed by atoms with E-state index in [-0.39, 0.29) is 0 Å². The molecule has 0 fully saturated rings. The number of thiophene rings is 1. The molecule has 2 heterocycles. The molecule has 9 aromatic rings. The van der Waals surface area contributed by atoms with E-state index in [0.29, 0.717) is 0 Å². The van der Waals surface area contributed by atoms with E-state index in [4.69, 9.17) is 0 Å². The van der Waals surface area contributed by atoms with Crippen LogP contribution in [-0.2, 0) is 0 Å². The number of rotatable bonds is 1. The van der Waals surface area contributed by atoms with Gasteiger partial charge >= 0.3 is 0 Å². The van der Waals surface area contributed by atoms with Crippen LogP contribution in [0.4, 0.5) is 17.1 Å². The SMILES string of the molecule is c1ccc2c(c1)Sc1ccccc1N2c1ccc2c(ccc3c2sc2ccc4c5ccccc5c5ccccc5c4c23)c1. The third kappa shape index (κ3) is 3.29. The van der Waals surface area contributed by atoms with Gasteiger partial charge in [-0.1, -0.05) is 109 Å². The van der Waals surface area contributed by atoms with E-state index < -0.39 is 0 Å². The molecule has 10 rings (SSSR count). The van der Waals surface area contributed by atoms with E-state index in [1.807, 2.05) is 23.1 Å². The Morgan fingerprint density at radius 2 is 0.977 bits per heavy atom. The van der Waals surface area contributed by atoms with Crippen molar-refractivity contribution < 1.29 is 0 Å². The average Bonchev–Trinajstić information content (AvgIpc) is 3.46. The molecule has 0 saturated heterocycles. The molecule has 1 aliphatic rings. The minimum absolute atomic E-state index is 1.19. The molecule has 0 amide bonds. The van der Waals surface area contributed by atoms with Crippen LogP contribution < -0.4 is 4.90 Å². The summed E-state index contributed by atoms with van der Waals surface area (Å²) < 4.78 is 2.70. The van der Waals surface area contributed by atoms with Crippen molar-refractivity contribution in [1.82, 2.24) is 0 Å². The van der Waals surface area contributed by atoms with Crippen molar-refractivity contribution in [3.05, 3.63) is 140 Å². The number of hydrogen-bond donors (Lipinski definition) is 0. The normalized spacial score (nSPS) is 13.0. The minimum atomic E-state index is 1.19. The molecule has 0 bridgehead atoms. The molecule has 3 heteroatoms. The topological polar surface area (TPSA) is 3.24 Å². The van der Waals surface area contributed by atoms with Gasteiger partial charge in [0.25, 0.3) is 0 Å². The smallest absolute Gasteiger partial charge is 0.0601 e. The lowest BCUT2D eigenvalue weighted by atomic mass is 9.91. The van der Waals surface area contributed by atoms with Crippen LogP contribution in [0, 0.1) is 0 Å². The van der Waals surface area contributed by atoms with Crippen LogP contribution in [0.25, 0.3) is 63.3 Å². The second-order valence-corrected chi connectivity index (χ2v) is 13.4. The molecule has 0 saturated carbocycles. The van der Waals surface area contributed by atoms with Gasteiger partial charge in [-0.05, 0) is 85.6 Å². The van der Waals surface area contributed by atoms with E-state index in [9.17, 15) is 0 Å². The summed E-state index contributed by atoms with van der Waals surface area (Å²) in [6.45, 7) is 0. The Morgan fingerprint density at radius 3 is 1.70 bits per heavy atom. The van der Waals surface area contributed by atoms with Crippen molar-refractivity contribution in [2.75, 3.05) is 4.90 Å². The predicted octanol–water partition coefficient (Wildman–Crippen LogP) is 12.6. The molecule has 0 unspecified atom stereocenters. The molecule has 43 heavy (non-hydrogen) atoms. The number of nitrogens with zero attached hydrogens (tertiary/aromatic N) is 1. The van der Waals surface area contributed by atoms with Gasteiger partial charge in [0.2, 0.25) is 0 Å². The molecule has 0 atom stereocenters. The largest absolute Gasteiger partial charge is 0.308 e. The van der Waals surface area contributed by atoms with Crippen molar-refractivity contribution in [2.45, 2.75) is 9.79 Å². The first-order valence-electron chi connectivity index (χ1n) is 14.6. The van der Waals surface area contributed by atoms with Crippen molar-refractivity contribution >= 4 is 103 Å². The van der Waals surface area contributed by atoms with Crippen molar-refractivity contribution in [3.8, 4) is 0 Å².